The van der Waals surface area contributed by atoms with Gasteiger partial charge in [0.1, 0.15) is 0 Å². The first kappa shape index (κ1) is 14.2. The van der Waals surface area contributed by atoms with Gasteiger partial charge in [-0.2, -0.15) is 0 Å². The van der Waals surface area contributed by atoms with Gasteiger partial charge in [-0.3, -0.25) is 0 Å². The first-order valence-electron chi connectivity index (χ1n) is 6.55. The van der Waals surface area contributed by atoms with E-state index in [1.54, 1.807) is 0 Å². The quantitative estimate of drug-likeness (QED) is 0.903. The second-order valence-electron chi connectivity index (χ2n) is 4.99. The molecule has 1 saturated heterocycles. The third-order valence-corrected chi connectivity index (χ3v) is 4.60. The molecule has 1 aromatic rings. The van der Waals surface area contributed by atoms with E-state index in [1.165, 1.54) is 6.42 Å². The molecule has 0 bridgehead atoms. The Morgan fingerprint density at radius 1 is 1.56 bits per heavy atom. The average Bonchev–Trinajstić information content (AvgIpc) is 2.40. The minimum absolute atomic E-state index is 0.554. The first-order chi connectivity index (χ1) is 8.61. The molecule has 18 heavy (non-hydrogen) atoms. The molecule has 1 fully saturated rings. The predicted molar refractivity (Wildman–Crippen MR) is 82.6 cm³/mol. The number of hydrogen-bond acceptors (Lipinski definition) is 2. The number of anilines is 1. The minimum Gasteiger partial charge on any atom is -0.367 e. The molecule has 1 aromatic carbocycles. The summed E-state index contributed by atoms with van der Waals surface area (Å²) in [6, 6.07) is 6.61. The molecule has 2 unspecified atom stereocenters. The van der Waals surface area contributed by atoms with Crippen molar-refractivity contribution in [1.82, 2.24) is 5.32 Å². The first-order valence-corrected chi connectivity index (χ1v) is 7.72. The topological polar surface area (TPSA) is 15.3 Å². The summed E-state index contributed by atoms with van der Waals surface area (Å²) in [6.07, 6.45) is 1.21. The summed E-state index contributed by atoms with van der Waals surface area (Å²) in [5.41, 5.74) is 1.14. The number of benzene rings is 1. The maximum absolute atomic E-state index is 6.31. The van der Waals surface area contributed by atoms with Crippen LogP contribution in [0.4, 0.5) is 5.69 Å². The van der Waals surface area contributed by atoms with Crippen LogP contribution in [0, 0.1) is 5.92 Å². The van der Waals surface area contributed by atoms with Crippen LogP contribution in [-0.4, -0.2) is 25.7 Å². The van der Waals surface area contributed by atoms with Crippen LogP contribution in [-0.2, 0) is 0 Å². The highest BCUT2D eigenvalue weighted by atomic mass is 79.9. The molecular formula is C14H20BrClN2. The second-order valence-corrected chi connectivity index (χ2v) is 6.31. The molecule has 1 aliphatic rings. The van der Waals surface area contributed by atoms with Crippen molar-refractivity contribution in [2.45, 2.75) is 26.3 Å². The number of nitrogens with one attached hydrogen (secondary N) is 1. The van der Waals surface area contributed by atoms with Crippen LogP contribution < -0.4 is 10.2 Å². The summed E-state index contributed by atoms with van der Waals surface area (Å²) in [6.45, 7) is 7.63. The van der Waals surface area contributed by atoms with E-state index in [0.717, 1.165) is 34.8 Å². The molecule has 0 amide bonds. The van der Waals surface area contributed by atoms with E-state index in [1.807, 2.05) is 12.1 Å². The van der Waals surface area contributed by atoms with E-state index in [-0.39, 0.29) is 0 Å². The van der Waals surface area contributed by atoms with Crippen LogP contribution in [0.3, 0.4) is 0 Å². The third-order valence-electron chi connectivity index (χ3n) is 3.79. The van der Waals surface area contributed by atoms with Gasteiger partial charge in [-0.05, 0) is 24.1 Å². The molecule has 0 saturated carbocycles. The van der Waals surface area contributed by atoms with Crippen molar-refractivity contribution in [3.8, 4) is 0 Å². The zero-order valence-corrected chi connectivity index (χ0v) is 13.3. The van der Waals surface area contributed by atoms with Crippen molar-refractivity contribution in [2.24, 2.45) is 5.92 Å². The van der Waals surface area contributed by atoms with Gasteiger partial charge in [0.25, 0.3) is 0 Å². The van der Waals surface area contributed by atoms with E-state index in [9.17, 15) is 0 Å². The smallest absolute Gasteiger partial charge is 0.0640 e. The SMILES string of the molecule is CCC(C)C1CN(c2cc(Br)ccc2Cl)CCN1. The Kier molecular flexibility index (Phi) is 4.93. The molecule has 2 atom stereocenters. The van der Waals surface area contributed by atoms with Gasteiger partial charge >= 0.3 is 0 Å². The average molecular weight is 332 g/mol. The van der Waals surface area contributed by atoms with Crippen LogP contribution in [0.5, 0.6) is 0 Å². The Morgan fingerprint density at radius 3 is 3.06 bits per heavy atom. The maximum atomic E-state index is 6.31. The molecule has 0 spiro atoms. The van der Waals surface area contributed by atoms with E-state index in [2.05, 4.69) is 46.1 Å². The molecule has 4 heteroatoms. The Balaban J connectivity index is 2.15. The summed E-state index contributed by atoms with van der Waals surface area (Å²) >= 11 is 9.83. The van der Waals surface area contributed by atoms with E-state index >= 15 is 0 Å². The minimum atomic E-state index is 0.554. The van der Waals surface area contributed by atoms with Crippen molar-refractivity contribution >= 4 is 33.2 Å². The normalized spacial score (nSPS) is 22.0. The molecule has 0 aromatic heterocycles. The van der Waals surface area contributed by atoms with Crippen molar-refractivity contribution in [3.63, 3.8) is 0 Å². The maximum Gasteiger partial charge on any atom is 0.0640 e. The number of rotatable bonds is 3. The van der Waals surface area contributed by atoms with E-state index in [0.29, 0.717) is 12.0 Å². The standard InChI is InChI=1S/C14H20BrClN2/c1-3-10(2)13-9-18(7-6-17-13)14-8-11(15)4-5-12(14)16/h4-5,8,10,13,17H,3,6-7,9H2,1-2H3. The molecule has 100 valence electrons. The van der Waals surface area contributed by atoms with Gasteiger partial charge in [0.15, 0.2) is 0 Å². The Labute approximate surface area is 123 Å². The van der Waals surface area contributed by atoms with Gasteiger partial charge in [0.2, 0.25) is 0 Å². The summed E-state index contributed by atoms with van der Waals surface area (Å²) < 4.78 is 1.08. The highest BCUT2D eigenvalue weighted by molar-refractivity contribution is 9.10. The molecule has 1 N–H and O–H groups in total. The number of piperazine rings is 1. The molecule has 0 radical (unpaired) electrons. The third kappa shape index (κ3) is 3.19. The summed E-state index contributed by atoms with van der Waals surface area (Å²) in [5.74, 6) is 0.693. The summed E-state index contributed by atoms with van der Waals surface area (Å²) in [7, 11) is 0. The molecule has 2 nitrogen and oxygen atoms in total. The van der Waals surface area contributed by atoms with Crippen molar-refractivity contribution in [2.75, 3.05) is 24.5 Å². The highest BCUT2D eigenvalue weighted by Crippen LogP contribution is 2.30. The monoisotopic (exact) mass is 330 g/mol. The lowest BCUT2D eigenvalue weighted by molar-refractivity contribution is 0.342. The van der Waals surface area contributed by atoms with Crippen LogP contribution in [0.1, 0.15) is 20.3 Å². The second kappa shape index (κ2) is 6.27. The van der Waals surface area contributed by atoms with Crippen LogP contribution in [0.15, 0.2) is 22.7 Å². The van der Waals surface area contributed by atoms with Crippen molar-refractivity contribution in [3.05, 3.63) is 27.7 Å². The van der Waals surface area contributed by atoms with E-state index in [4.69, 9.17) is 11.6 Å². The van der Waals surface area contributed by atoms with Crippen LogP contribution in [0.2, 0.25) is 5.02 Å². The van der Waals surface area contributed by atoms with Gasteiger partial charge < -0.3 is 10.2 Å². The molecule has 0 aliphatic carbocycles. The van der Waals surface area contributed by atoms with E-state index < -0.39 is 0 Å². The lowest BCUT2D eigenvalue weighted by Crippen LogP contribution is -2.53. The number of halogens is 2. The zero-order valence-electron chi connectivity index (χ0n) is 10.9. The fourth-order valence-electron chi connectivity index (χ4n) is 2.39. The number of nitrogens with zero attached hydrogens (tertiary/aromatic N) is 1. The lowest BCUT2D eigenvalue weighted by atomic mass is 9.97. The highest BCUT2D eigenvalue weighted by Gasteiger charge is 2.24. The van der Waals surface area contributed by atoms with Crippen LogP contribution in [0.25, 0.3) is 0 Å². The van der Waals surface area contributed by atoms with Crippen molar-refractivity contribution < 1.29 is 0 Å². The van der Waals surface area contributed by atoms with Gasteiger partial charge in [-0.25, -0.2) is 0 Å². The van der Waals surface area contributed by atoms with Gasteiger partial charge in [0.05, 0.1) is 10.7 Å². The lowest BCUT2D eigenvalue weighted by Gasteiger charge is -2.38. The van der Waals surface area contributed by atoms with Crippen LogP contribution >= 0.6 is 27.5 Å². The molecule has 1 aliphatic heterocycles. The summed E-state index contributed by atoms with van der Waals surface area (Å²) in [4.78, 5) is 2.39. The van der Waals surface area contributed by atoms with Gasteiger partial charge in [-0.15, -0.1) is 0 Å². The Hall–Kier alpha value is -0.250. The molecule has 1 heterocycles. The van der Waals surface area contributed by atoms with Crippen molar-refractivity contribution in [1.29, 1.82) is 0 Å². The predicted octanol–water partition coefficient (Wildman–Crippen LogP) is 3.93. The van der Waals surface area contributed by atoms with Gasteiger partial charge in [-0.1, -0.05) is 47.8 Å². The molecular weight excluding hydrogens is 312 g/mol. The largest absolute Gasteiger partial charge is 0.367 e. The zero-order chi connectivity index (χ0) is 13.1. The Bertz CT molecular complexity index is 411. The number of hydrogen-bond donors (Lipinski definition) is 1. The summed E-state index contributed by atoms with van der Waals surface area (Å²) in [5, 5.41) is 4.44. The fourth-order valence-corrected chi connectivity index (χ4v) is 2.98. The Morgan fingerprint density at radius 2 is 2.33 bits per heavy atom. The fraction of sp³-hybridized carbons (Fsp3) is 0.571. The molecule has 2 rings (SSSR count). The van der Waals surface area contributed by atoms with Gasteiger partial charge in [0, 0.05) is 30.1 Å².